The number of benzene rings is 1. The number of carbonyl (C=O) groups is 1. The van der Waals surface area contributed by atoms with Crippen LogP contribution in [0, 0.1) is 0 Å². The summed E-state index contributed by atoms with van der Waals surface area (Å²) in [4.78, 5) is 13.9. The molecule has 2 rings (SSSR count). The highest BCUT2D eigenvalue weighted by Gasteiger charge is 2.35. The first-order chi connectivity index (χ1) is 8.63. The molecule has 0 spiro atoms. The minimum atomic E-state index is -0.199. The zero-order chi connectivity index (χ0) is 14.4. The van der Waals surface area contributed by atoms with E-state index < -0.39 is 0 Å². The maximum absolute atomic E-state index is 12.0. The maximum atomic E-state index is 12.0. The van der Waals surface area contributed by atoms with Gasteiger partial charge in [-0.2, -0.15) is 0 Å². The minimum absolute atomic E-state index is 0.0824. The van der Waals surface area contributed by atoms with E-state index in [-0.39, 0.29) is 16.9 Å². The van der Waals surface area contributed by atoms with Crippen molar-refractivity contribution in [3.05, 3.63) is 23.8 Å². The Morgan fingerprint density at radius 3 is 2.47 bits per heavy atom. The van der Waals surface area contributed by atoms with E-state index in [4.69, 9.17) is 0 Å². The molecule has 1 N–H and O–H groups in total. The Morgan fingerprint density at radius 1 is 1.32 bits per heavy atom. The zero-order valence-electron chi connectivity index (χ0n) is 12.8. The summed E-state index contributed by atoms with van der Waals surface area (Å²) >= 11 is 0. The third-order valence-electron chi connectivity index (χ3n) is 3.74. The highest BCUT2D eigenvalue weighted by Crippen LogP contribution is 2.39. The molecule has 0 aliphatic carbocycles. The Balaban J connectivity index is 2.58. The van der Waals surface area contributed by atoms with Gasteiger partial charge in [-0.05, 0) is 37.0 Å². The van der Waals surface area contributed by atoms with E-state index in [0.29, 0.717) is 0 Å². The third kappa shape index (κ3) is 2.46. The Morgan fingerprint density at radius 2 is 1.95 bits per heavy atom. The lowest BCUT2D eigenvalue weighted by molar-refractivity contribution is -0.117. The third-order valence-corrected chi connectivity index (χ3v) is 3.74. The molecule has 1 aliphatic rings. The zero-order valence-corrected chi connectivity index (χ0v) is 12.8. The van der Waals surface area contributed by atoms with Gasteiger partial charge < -0.3 is 10.2 Å². The van der Waals surface area contributed by atoms with Gasteiger partial charge in [-0.1, -0.05) is 26.8 Å². The molecular weight excluding hydrogens is 236 g/mol. The normalized spacial score (nSPS) is 17.7. The summed E-state index contributed by atoms with van der Waals surface area (Å²) in [5.74, 6) is 0.0961. The fourth-order valence-electron chi connectivity index (χ4n) is 2.65. The van der Waals surface area contributed by atoms with E-state index in [2.05, 4.69) is 58.1 Å². The molecule has 0 atom stereocenters. The van der Waals surface area contributed by atoms with E-state index in [0.717, 1.165) is 17.9 Å². The van der Waals surface area contributed by atoms with E-state index in [1.165, 1.54) is 5.56 Å². The van der Waals surface area contributed by atoms with E-state index in [1.54, 1.807) is 6.92 Å². The molecule has 0 saturated carbocycles. The van der Waals surface area contributed by atoms with Gasteiger partial charge in [0.25, 0.3) is 0 Å². The molecule has 0 unspecified atom stereocenters. The number of nitrogens with zero attached hydrogens (tertiary/aromatic N) is 1. The van der Waals surface area contributed by atoms with Crippen molar-refractivity contribution in [1.29, 1.82) is 0 Å². The van der Waals surface area contributed by atoms with Crippen LogP contribution in [0.1, 0.15) is 47.1 Å². The Bertz CT molecular complexity index is 512. The van der Waals surface area contributed by atoms with Crippen molar-refractivity contribution < 1.29 is 4.79 Å². The summed E-state index contributed by atoms with van der Waals surface area (Å²) in [5, 5.41) is 3.42. The predicted octanol–water partition coefficient (Wildman–Crippen LogP) is 3.54. The van der Waals surface area contributed by atoms with Gasteiger partial charge in [-0.15, -0.1) is 0 Å². The fraction of sp³-hybridized carbons (Fsp3) is 0.562. The number of hydrogen-bond acceptors (Lipinski definition) is 2. The SMILES string of the molecule is CC(=O)N1c2cc(C(C)(C)C)ccc2NCC1(C)C. The van der Waals surface area contributed by atoms with Crippen LogP contribution in [0.15, 0.2) is 18.2 Å². The molecule has 1 heterocycles. The number of carbonyl (C=O) groups excluding carboxylic acids is 1. The van der Waals surface area contributed by atoms with Crippen molar-refractivity contribution in [1.82, 2.24) is 0 Å². The van der Waals surface area contributed by atoms with E-state index in [9.17, 15) is 4.79 Å². The van der Waals surface area contributed by atoms with Crippen molar-refractivity contribution in [3.8, 4) is 0 Å². The van der Waals surface area contributed by atoms with Crippen molar-refractivity contribution in [3.63, 3.8) is 0 Å². The molecule has 1 aliphatic heterocycles. The Labute approximate surface area is 116 Å². The van der Waals surface area contributed by atoms with Gasteiger partial charge in [-0.25, -0.2) is 0 Å². The summed E-state index contributed by atoms with van der Waals surface area (Å²) in [6.45, 7) is 13.2. The number of amides is 1. The van der Waals surface area contributed by atoms with Crippen molar-refractivity contribution in [2.75, 3.05) is 16.8 Å². The Hall–Kier alpha value is -1.51. The summed E-state index contributed by atoms with van der Waals surface area (Å²) in [6.07, 6.45) is 0. The smallest absolute Gasteiger partial charge is 0.224 e. The van der Waals surface area contributed by atoms with Gasteiger partial charge in [0.1, 0.15) is 0 Å². The topological polar surface area (TPSA) is 32.3 Å². The van der Waals surface area contributed by atoms with Gasteiger partial charge in [0.15, 0.2) is 0 Å². The monoisotopic (exact) mass is 260 g/mol. The Kier molecular flexibility index (Phi) is 3.12. The lowest BCUT2D eigenvalue weighted by Gasteiger charge is -2.44. The van der Waals surface area contributed by atoms with Crippen LogP contribution in [0.5, 0.6) is 0 Å². The highest BCUT2D eigenvalue weighted by atomic mass is 16.2. The number of anilines is 2. The van der Waals surface area contributed by atoms with Crippen molar-refractivity contribution in [2.45, 2.75) is 52.5 Å². The average Bonchev–Trinajstić information content (AvgIpc) is 2.25. The largest absolute Gasteiger partial charge is 0.381 e. The molecule has 3 heteroatoms. The minimum Gasteiger partial charge on any atom is -0.381 e. The fourth-order valence-corrected chi connectivity index (χ4v) is 2.65. The lowest BCUT2D eigenvalue weighted by Crippen LogP contribution is -2.54. The molecule has 3 nitrogen and oxygen atoms in total. The second-order valence-corrected chi connectivity index (χ2v) is 7.00. The highest BCUT2D eigenvalue weighted by molar-refractivity contribution is 5.98. The molecule has 104 valence electrons. The number of nitrogens with one attached hydrogen (secondary N) is 1. The van der Waals surface area contributed by atoms with Crippen molar-refractivity contribution in [2.24, 2.45) is 0 Å². The number of fused-ring (bicyclic) bond motifs is 1. The van der Waals surface area contributed by atoms with E-state index in [1.807, 2.05) is 4.90 Å². The van der Waals surface area contributed by atoms with Gasteiger partial charge in [0.05, 0.1) is 16.9 Å². The molecule has 0 aromatic heterocycles. The molecule has 1 aromatic rings. The van der Waals surface area contributed by atoms with Gasteiger partial charge in [-0.3, -0.25) is 4.79 Å². The standard InChI is InChI=1S/C16H24N2O/c1-11(19)18-14-9-12(15(2,3)4)7-8-13(14)17-10-16(18,5)6/h7-9,17H,10H2,1-6H3. The predicted molar refractivity (Wildman–Crippen MR) is 80.9 cm³/mol. The van der Waals surface area contributed by atoms with Crippen LogP contribution >= 0.6 is 0 Å². The van der Waals surface area contributed by atoms with Crippen molar-refractivity contribution >= 4 is 17.3 Å². The molecule has 0 bridgehead atoms. The second-order valence-electron chi connectivity index (χ2n) is 7.00. The van der Waals surface area contributed by atoms with Gasteiger partial charge in [0, 0.05) is 13.5 Å². The molecule has 0 fully saturated rings. The van der Waals surface area contributed by atoms with Gasteiger partial charge in [0.2, 0.25) is 5.91 Å². The van der Waals surface area contributed by atoms with Crippen LogP contribution in [-0.4, -0.2) is 18.0 Å². The van der Waals surface area contributed by atoms with Gasteiger partial charge >= 0.3 is 0 Å². The second kappa shape index (κ2) is 4.26. The molecule has 1 aromatic carbocycles. The molecular formula is C16H24N2O. The van der Waals surface area contributed by atoms with Crippen LogP contribution in [0.4, 0.5) is 11.4 Å². The molecule has 19 heavy (non-hydrogen) atoms. The first kappa shape index (κ1) is 13.9. The van der Waals surface area contributed by atoms with Crippen LogP contribution in [0.25, 0.3) is 0 Å². The number of rotatable bonds is 0. The first-order valence-corrected chi connectivity index (χ1v) is 6.82. The summed E-state index contributed by atoms with van der Waals surface area (Å²) < 4.78 is 0. The summed E-state index contributed by atoms with van der Waals surface area (Å²) in [6, 6.07) is 6.37. The summed E-state index contributed by atoms with van der Waals surface area (Å²) in [5.41, 5.74) is 3.17. The van der Waals surface area contributed by atoms with Crippen LogP contribution in [-0.2, 0) is 10.2 Å². The summed E-state index contributed by atoms with van der Waals surface area (Å²) in [7, 11) is 0. The first-order valence-electron chi connectivity index (χ1n) is 6.82. The lowest BCUT2D eigenvalue weighted by atomic mass is 9.85. The van der Waals surface area contributed by atoms with Crippen LogP contribution in [0.3, 0.4) is 0 Å². The quantitative estimate of drug-likeness (QED) is 0.774. The average molecular weight is 260 g/mol. The molecule has 0 radical (unpaired) electrons. The molecule has 0 saturated heterocycles. The van der Waals surface area contributed by atoms with E-state index >= 15 is 0 Å². The van der Waals surface area contributed by atoms with Crippen LogP contribution in [0.2, 0.25) is 0 Å². The van der Waals surface area contributed by atoms with Crippen LogP contribution < -0.4 is 10.2 Å². The maximum Gasteiger partial charge on any atom is 0.224 e. The number of hydrogen-bond donors (Lipinski definition) is 1. The molecule has 1 amide bonds.